The van der Waals surface area contributed by atoms with Crippen molar-refractivity contribution in [2.24, 2.45) is 0 Å². The second-order valence-corrected chi connectivity index (χ2v) is 7.24. The van der Waals surface area contributed by atoms with Crippen molar-refractivity contribution in [3.8, 4) is 11.5 Å². The molecule has 0 aromatic heterocycles. The van der Waals surface area contributed by atoms with Crippen LogP contribution in [-0.4, -0.2) is 39.0 Å². The first-order valence-corrected chi connectivity index (χ1v) is 9.31. The van der Waals surface area contributed by atoms with E-state index in [1.807, 2.05) is 0 Å². The lowest BCUT2D eigenvalue weighted by atomic mass is 10.1. The highest BCUT2D eigenvalue weighted by atomic mass is 32.2. The Balaban J connectivity index is 2.18. The van der Waals surface area contributed by atoms with Gasteiger partial charge in [-0.05, 0) is 30.2 Å². The summed E-state index contributed by atoms with van der Waals surface area (Å²) < 4.78 is 37.4. The van der Waals surface area contributed by atoms with Gasteiger partial charge >= 0.3 is 0 Å². The van der Waals surface area contributed by atoms with Crippen molar-refractivity contribution in [2.75, 3.05) is 20.8 Å². The third-order valence-electron chi connectivity index (χ3n) is 3.79. The van der Waals surface area contributed by atoms with Crippen LogP contribution in [-0.2, 0) is 16.4 Å². The summed E-state index contributed by atoms with van der Waals surface area (Å²) in [4.78, 5) is 19.4. The SMILES string of the molecule is COc1ccc(CCNS(=O)(=O)c2ccc([N+](=O)[O-])cc2[N+](=O)[O-])cc1OC. The fourth-order valence-electron chi connectivity index (χ4n) is 2.43. The molecular formula is C16H17N3O8S. The lowest BCUT2D eigenvalue weighted by Gasteiger charge is -2.10. The fourth-order valence-corrected chi connectivity index (χ4v) is 3.62. The molecule has 0 fully saturated rings. The topological polar surface area (TPSA) is 151 Å². The van der Waals surface area contributed by atoms with Crippen molar-refractivity contribution < 1.29 is 27.7 Å². The van der Waals surface area contributed by atoms with Gasteiger partial charge in [-0.15, -0.1) is 0 Å². The van der Waals surface area contributed by atoms with Crippen molar-refractivity contribution in [1.29, 1.82) is 0 Å². The lowest BCUT2D eigenvalue weighted by Crippen LogP contribution is -2.26. The van der Waals surface area contributed by atoms with Gasteiger partial charge in [-0.1, -0.05) is 6.07 Å². The Bertz CT molecular complexity index is 1010. The van der Waals surface area contributed by atoms with E-state index in [1.165, 1.54) is 14.2 Å². The molecule has 150 valence electrons. The molecule has 0 bridgehead atoms. The van der Waals surface area contributed by atoms with Crippen molar-refractivity contribution in [3.05, 3.63) is 62.2 Å². The van der Waals surface area contributed by atoms with Gasteiger partial charge in [0.2, 0.25) is 10.0 Å². The number of sulfonamides is 1. The Morgan fingerprint density at radius 3 is 2.21 bits per heavy atom. The Morgan fingerprint density at radius 1 is 0.964 bits per heavy atom. The average molecular weight is 411 g/mol. The van der Waals surface area contributed by atoms with E-state index in [0.29, 0.717) is 17.6 Å². The average Bonchev–Trinajstić information content (AvgIpc) is 2.67. The molecule has 0 aliphatic carbocycles. The zero-order valence-electron chi connectivity index (χ0n) is 14.9. The van der Waals surface area contributed by atoms with Gasteiger partial charge in [0.15, 0.2) is 16.4 Å². The number of non-ortho nitro benzene ring substituents is 1. The summed E-state index contributed by atoms with van der Waals surface area (Å²) in [5, 5.41) is 21.9. The smallest absolute Gasteiger partial charge is 0.296 e. The molecule has 28 heavy (non-hydrogen) atoms. The molecule has 0 heterocycles. The molecule has 0 unspecified atom stereocenters. The van der Waals surface area contributed by atoms with Crippen LogP contribution in [0.4, 0.5) is 11.4 Å². The van der Waals surface area contributed by atoms with Gasteiger partial charge in [0.05, 0.1) is 30.1 Å². The molecule has 11 nitrogen and oxygen atoms in total. The molecule has 0 saturated carbocycles. The summed E-state index contributed by atoms with van der Waals surface area (Å²) in [6.45, 7) is -0.0496. The maximum absolute atomic E-state index is 12.4. The third-order valence-corrected chi connectivity index (χ3v) is 5.30. The van der Waals surface area contributed by atoms with Crippen molar-refractivity contribution in [1.82, 2.24) is 4.72 Å². The molecule has 0 aliphatic heterocycles. The van der Waals surface area contributed by atoms with E-state index >= 15 is 0 Å². The molecule has 0 atom stereocenters. The largest absolute Gasteiger partial charge is 0.493 e. The molecule has 2 aromatic rings. The zero-order valence-corrected chi connectivity index (χ0v) is 15.8. The van der Waals surface area contributed by atoms with Crippen LogP contribution in [0, 0.1) is 20.2 Å². The van der Waals surface area contributed by atoms with E-state index in [9.17, 15) is 28.6 Å². The van der Waals surface area contributed by atoms with Crippen molar-refractivity contribution >= 4 is 21.4 Å². The molecule has 0 aliphatic rings. The molecule has 12 heteroatoms. The fraction of sp³-hybridized carbons (Fsp3) is 0.250. The predicted molar refractivity (Wildman–Crippen MR) is 98.2 cm³/mol. The number of nitrogens with one attached hydrogen (secondary N) is 1. The quantitative estimate of drug-likeness (QED) is 0.486. The second-order valence-electron chi connectivity index (χ2n) is 5.50. The number of hydrogen-bond donors (Lipinski definition) is 1. The van der Waals surface area contributed by atoms with Crippen LogP contribution in [0.5, 0.6) is 11.5 Å². The summed E-state index contributed by atoms with van der Waals surface area (Å²) >= 11 is 0. The number of nitrogens with zero attached hydrogens (tertiary/aromatic N) is 2. The number of nitro groups is 2. The van der Waals surface area contributed by atoms with Gasteiger partial charge in [0, 0.05) is 12.6 Å². The first-order chi connectivity index (χ1) is 13.2. The van der Waals surface area contributed by atoms with E-state index in [4.69, 9.17) is 9.47 Å². The minimum atomic E-state index is -4.25. The minimum Gasteiger partial charge on any atom is -0.493 e. The van der Waals surface area contributed by atoms with Crippen LogP contribution in [0.3, 0.4) is 0 Å². The molecule has 2 rings (SSSR count). The highest BCUT2D eigenvalue weighted by Crippen LogP contribution is 2.29. The summed E-state index contributed by atoms with van der Waals surface area (Å²) in [5.74, 6) is 1.00. The monoisotopic (exact) mass is 411 g/mol. The number of benzene rings is 2. The van der Waals surface area contributed by atoms with Gasteiger partial charge in [-0.25, -0.2) is 13.1 Å². The van der Waals surface area contributed by atoms with Crippen LogP contribution >= 0.6 is 0 Å². The standard InChI is InChI=1S/C16H17N3O8S/c1-26-14-5-3-11(9-15(14)27-2)7-8-17-28(24,25)16-6-4-12(18(20)21)10-13(16)19(22)23/h3-6,9-10,17H,7-8H2,1-2H3. The van der Waals surface area contributed by atoms with E-state index in [2.05, 4.69) is 4.72 Å². The number of ether oxygens (including phenoxy) is 2. The third kappa shape index (κ3) is 4.72. The zero-order chi connectivity index (χ0) is 20.9. The summed E-state index contributed by atoms with van der Waals surface area (Å²) in [6, 6.07) is 7.43. The number of nitro benzene ring substituents is 2. The highest BCUT2D eigenvalue weighted by molar-refractivity contribution is 7.89. The Labute approximate surface area is 160 Å². The highest BCUT2D eigenvalue weighted by Gasteiger charge is 2.28. The van der Waals surface area contributed by atoms with Gasteiger partial charge in [0.25, 0.3) is 11.4 Å². The predicted octanol–water partition coefficient (Wildman–Crippen LogP) is 2.04. The van der Waals surface area contributed by atoms with E-state index in [0.717, 1.165) is 17.7 Å². The van der Waals surface area contributed by atoms with Crippen molar-refractivity contribution in [2.45, 2.75) is 11.3 Å². The van der Waals surface area contributed by atoms with Crippen LogP contribution in [0.1, 0.15) is 5.56 Å². The molecule has 0 radical (unpaired) electrons. The molecule has 0 amide bonds. The van der Waals surface area contributed by atoms with E-state index in [-0.39, 0.29) is 13.0 Å². The summed E-state index contributed by atoms with van der Waals surface area (Å²) in [5.41, 5.74) is -0.692. The maximum Gasteiger partial charge on any atom is 0.296 e. The van der Waals surface area contributed by atoms with Crippen molar-refractivity contribution in [3.63, 3.8) is 0 Å². The van der Waals surface area contributed by atoms with E-state index in [1.54, 1.807) is 18.2 Å². The van der Waals surface area contributed by atoms with Crippen LogP contribution in [0.2, 0.25) is 0 Å². The molecule has 2 aromatic carbocycles. The summed E-state index contributed by atoms with van der Waals surface area (Å²) in [7, 11) is -1.29. The van der Waals surface area contributed by atoms with E-state index < -0.39 is 36.1 Å². The second kappa shape index (κ2) is 8.63. The Morgan fingerprint density at radius 2 is 1.64 bits per heavy atom. The van der Waals surface area contributed by atoms with Crippen LogP contribution in [0.25, 0.3) is 0 Å². The molecule has 0 saturated heterocycles. The first kappa shape index (κ1) is 21.1. The number of methoxy groups -OCH3 is 2. The van der Waals surface area contributed by atoms with Crippen LogP contribution in [0.15, 0.2) is 41.3 Å². The lowest BCUT2D eigenvalue weighted by molar-refractivity contribution is -0.396. The van der Waals surface area contributed by atoms with Crippen LogP contribution < -0.4 is 14.2 Å². The van der Waals surface area contributed by atoms with Gasteiger partial charge < -0.3 is 9.47 Å². The summed E-state index contributed by atoms with van der Waals surface area (Å²) in [6.07, 6.45) is 0.278. The first-order valence-electron chi connectivity index (χ1n) is 7.83. The normalized spacial score (nSPS) is 11.1. The Hall–Kier alpha value is -3.25. The van der Waals surface area contributed by atoms with Gasteiger partial charge in [-0.3, -0.25) is 20.2 Å². The number of hydrogen-bond acceptors (Lipinski definition) is 8. The maximum atomic E-state index is 12.4. The molecular weight excluding hydrogens is 394 g/mol. The Kier molecular flexibility index (Phi) is 6.49. The van der Waals surface area contributed by atoms with Gasteiger partial charge in [0.1, 0.15) is 0 Å². The minimum absolute atomic E-state index is 0.0496. The molecule has 0 spiro atoms. The number of rotatable bonds is 9. The van der Waals surface area contributed by atoms with Gasteiger partial charge in [-0.2, -0.15) is 0 Å². The molecule has 1 N–H and O–H groups in total.